The topological polar surface area (TPSA) is 71.2 Å². The summed E-state index contributed by atoms with van der Waals surface area (Å²) in [5.41, 5.74) is 6.21. The highest BCUT2D eigenvalue weighted by atomic mass is 15.1. The molecule has 4 heterocycles. The van der Waals surface area contributed by atoms with Crippen molar-refractivity contribution in [3.8, 4) is 0 Å². The van der Waals surface area contributed by atoms with Crippen LogP contribution in [0.25, 0.3) is 27.7 Å². The Balaban J connectivity index is 1.79. The molecule has 0 radical (unpaired) electrons. The molecule has 4 aromatic heterocycles. The number of anilines is 3. The molecule has 132 valence electrons. The second-order valence-corrected chi connectivity index (χ2v) is 6.54. The Kier molecular flexibility index (Phi) is 3.39. The predicted molar refractivity (Wildman–Crippen MR) is 108 cm³/mol. The van der Waals surface area contributed by atoms with Crippen LogP contribution in [-0.2, 0) is 0 Å². The summed E-state index contributed by atoms with van der Waals surface area (Å²) >= 11 is 0. The van der Waals surface area contributed by atoms with Crippen LogP contribution in [0.15, 0.2) is 61.3 Å². The Bertz CT molecular complexity index is 1290. The number of aromatic nitrogens is 5. The molecule has 0 bridgehead atoms. The zero-order valence-corrected chi connectivity index (χ0v) is 15.0. The van der Waals surface area contributed by atoms with Gasteiger partial charge in [0.1, 0.15) is 17.5 Å². The van der Waals surface area contributed by atoms with E-state index >= 15 is 0 Å². The van der Waals surface area contributed by atoms with E-state index in [1.165, 1.54) is 0 Å². The number of imidazole rings is 1. The van der Waals surface area contributed by atoms with Crippen molar-refractivity contribution in [1.82, 2.24) is 24.3 Å². The van der Waals surface area contributed by atoms with Gasteiger partial charge >= 0.3 is 0 Å². The van der Waals surface area contributed by atoms with Crippen LogP contribution < -0.4 is 10.2 Å². The van der Waals surface area contributed by atoms with E-state index in [-0.39, 0.29) is 0 Å². The van der Waals surface area contributed by atoms with Crippen molar-refractivity contribution in [2.75, 3.05) is 24.3 Å². The summed E-state index contributed by atoms with van der Waals surface area (Å²) in [7, 11) is 4.05. The van der Waals surface area contributed by atoms with Gasteiger partial charge in [0.05, 0.1) is 11.2 Å². The van der Waals surface area contributed by atoms with Crippen LogP contribution in [0, 0.1) is 0 Å². The number of pyridine rings is 2. The molecule has 0 unspecified atom stereocenters. The second kappa shape index (κ2) is 5.91. The average molecular weight is 355 g/mol. The molecule has 0 saturated heterocycles. The minimum Gasteiger partial charge on any atom is -0.378 e. The van der Waals surface area contributed by atoms with Crippen molar-refractivity contribution in [2.45, 2.75) is 0 Å². The van der Waals surface area contributed by atoms with Gasteiger partial charge in [-0.25, -0.2) is 15.0 Å². The third-order valence-corrected chi connectivity index (χ3v) is 4.57. The Morgan fingerprint density at radius 3 is 2.78 bits per heavy atom. The molecule has 7 heteroatoms. The maximum atomic E-state index is 4.79. The molecule has 0 spiro atoms. The third kappa shape index (κ3) is 2.52. The predicted octanol–water partition coefficient (Wildman–Crippen LogP) is 3.64. The Morgan fingerprint density at radius 2 is 1.89 bits per heavy atom. The lowest BCUT2D eigenvalue weighted by Gasteiger charge is -2.15. The molecule has 1 aromatic carbocycles. The minimum atomic E-state index is 0.767. The number of nitrogens with one attached hydrogen (secondary N) is 1. The fourth-order valence-corrected chi connectivity index (χ4v) is 3.21. The van der Waals surface area contributed by atoms with Crippen LogP contribution in [0.4, 0.5) is 17.1 Å². The highest BCUT2D eigenvalue weighted by Gasteiger charge is 2.15. The van der Waals surface area contributed by atoms with Gasteiger partial charge in [0.25, 0.3) is 0 Å². The zero-order chi connectivity index (χ0) is 18.4. The molecule has 1 N–H and O–H groups in total. The summed E-state index contributed by atoms with van der Waals surface area (Å²) in [4.78, 5) is 20.1. The van der Waals surface area contributed by atoms with E-state index in [4.69, 9.17) is 9.97 Å². The van der Waals surface area contributed by atoms with Gasteiger partial charge in [0, 0.05) is 49.4 Å². The lowest BCUT2D eigenvalue weighted by atomic mass is 10.2. The van der Waals surface area contributed by atoms with Crippen molar-refractivity contribution in [1.29, 1.82) is 0 Å². The molecule has 0 aliphatic rings. The van der Waals surface area contributed by atoms with E-state index in [0.717, 1.165) is 44.8 Å². The van der Waals surface area contributed by atoms with Crippen LogP contribution in [0.1, 0.15) is 0 Å². The first kappa shape index (κ1) is 15.5. The summed E-state index contributed by atoms with van der Waals surface area (Å²) in [6, 6.07) is 12.0. The fraction of sp³-hybridized carbons (Fsp3) is 0.100. The first-order valence-electron chi connectivity index (χ1n) is 8.60. The summed E-state index contributed by atoms with van der Waals surface area (Å²) in [5, 5.41) is 4.47. The summed E-state index contributed by atoms with van der Waals surface area (Å²) < 4.78 is 1.90. The van der Waals surface area contributed by atoms with Gasteiger partial charge in [-0.3, -0.25) is 9.38 Å². The molecule has 0 amide bonds. The first-order valence-corrected chi connectivity index (χ1v) is 8.60. The van der Waals surface area contributed by atoms with Gasteiger partial charge < -0.3 is 10.2 Å². The smallest absolute Gasteiger partial charge is 0.168 e. The molecule has 7 nitrogen and oxygen atoms in total. The average Bonchev–Trinajstić information content (AvgIpc) is 3.07. The van der Waals surface area contributed by atoms with Crippen LogP contribution >= 0.6 is 0 Å². The largest absolute Gasteiger partial charge is 0.378 e. The second-order valence-electron chi connectivity index (χ2n) is 6.54. The summed E-state index contributed by atoms with van der Waals surface area (Å²) in [5.74, 6) is 0. The SMILES string of the molecule is CN(C)c1cccc(Nc2c3cnccc3nc3c2nc2ccncn23)c1. The number of nitrogens with zero attached hydrogens (tertiary/aromatic N) is 6. The van der Waals surface area contributed by atoms with E-state index < -0.39 is 0 Å². The molecular formula is C20H17N7. The van der Waals surface area contributed by atoms with E-state index in [0.29, 0.717) is 0 Å². The molecule has 5 aromatic rings. The number of benzene rings is 1. The van der Waals surface area contributed by atoms with E-state index in [9.17, 15) is 0 Å². The molecule has 0 aliphatic carbocycles. The highest BCUT2D eigenvalue weighted by Crippen LogP contribution is 2.33. The normalized spacial score (nSPS) is 11.3. The highest BCUT2D eigenvalue weighted by molar-refractivity contribution is 6.07. The number of hydrogen-bond acceptors (Lipinski definition) is 6. The van der Waals surface area contributed by atoms with Gasteiger partial charge in [0.15, 0.2) is 5.65 Å². The van der Waals surface area contributed by atoms with Crippen LogP contribution in [0.3, 0.4) is 0 Å². The summed E-state index contributed by atoms with van der Waals surface area (Å²) in [6.45, 7) is 0. The minimum absolute atomic E-state index is 0.767. The fourth-order valence-electron chi connectivity index (χ4n) is 3.21. The lowest BCUT2D eigenvalue weighted by Crippen LogP contribution is -2.08. The van der Waals surface area contributed by atoms with Gasteiger partial charge in [-0.2, -0.15) is 0 Å². The van der Waals surface area contributed by atoms with Gasteiger partial charge in [0.2, 0.25) is 0 Å². The van der Waals surface area contributed by atoms with Gasteiger partial charge in [-0.15, -0.1) is 0 Å². The van der Waals surface area contributed by atoms with E-state index in [2.05, 4.69) is 32.3 Å². The van der Waals surface area contributed by atoms with Crippen molar-refractivity contribution in [2.24, 2.45) is 0 Å². The monoisotopic (exact) mass is 355 g/mol. The molecule has 27 heavy (non-hydrogen) atoms. The van der Waals surface area contributed by atoms with E-state index in [1.807, 2.05) is 49.0 Å². The number of hydrogen-bond donors (Lipinski definition) is 1. The zero-order valence-electron chi connectivity index (χ0n) is 15.0. The Labute approximate surface area is 155 Å². The molecule has 0 atom stereocenters. The quantitative estimate of drug-likeness (QED) is 0.533. The third-order valence-electron chi connectivity index (χ3n) is 4.57. The standard InChI is InChI=1S/C20H17N7/c1-26(2)14-5-3-4-13(10-14)23-18-15-11-21-8-6-16(15)24-20-19(18)25-17-7-9-22-12-27(17)20/h3-12H,1-2H3,(H,23,24). The van der Waals surface area contributed by atoms with Crippen molar-refractivity contribution >= 4 is 44.8 Å². The molecule has 0 saturated carbocycles. The van der Waals surface area contributed by atoms with Gasteiger partial charge in [-0.1, -0.05) is 6.07 Å². The van der Waals surface area contributed by atoms with Crippen LogP contribution in [0.2, 0.25) is 0 Å². The van der Waals surface area contributed by atoms with Crippen molar-refractivity contribution < 1.29 is 0 Å². The first-order chi connectivity index (χ1) is 13.2. The van der Waals surface area contributed by atoms with E-state index in [1.54, 1.807) is 18.7 Å². The number of rotatable bonds is 3. The molecular weight excluding hydrogens is 338 g/mol. The Hall–Kier alpha value is -3.74. The molecule has 0 aliphatic heterocycles. The lowest BCUT2D eigenvalue weighted by molar-refractivity contribution is 1.10. The number of fused-ring (bicyclic) bond motifs is 4. The van der Waals surface area contributed by atoms with Crippen molar-refractivity contribution in [3.05, 3.63) is 61.3 Å². The van der Waals surface area contributed by atoms with Gasteiger partial charge in [-0.05, 0) is 30.3 Å². The maximum absolute atomic E-state index is 4.79. The van der Waals surface area contributed by atoms with Crippen LogP contribution in [0.5, 0.6) is 0 Å². The van der Waals surface area contributed by atoms with Crippen molar-refractivity contribution in [3.63, 3.8) is 0 Å². The maximum Gasteiger partial charge on any atom is 0.168 e. The molecule has 0 fully saturated rings. The Morgan fingerprint density at radius 1 is 1.00 bits per heavy atom. The molecule has 5 rings (SSSR count). The summed E-state index contributed by atoms with van der Waals surface area (Å²) in [6.07, 6.45) is 7.04. The van der Waals surface area contributed by atoms with Crippen LogP contribution in [-0.4, -0.2) is 38.4 Å².